The Morgan fingerprint density at radius 1 is 0.750 bits per heavy atom. The van der Waals surface area contributed by atoms with Gasteiger partial charge in [0.05, 0.1) is 5.69 Å². The molecular formula is C23H19N. The Morgan fingerprint density at radius 3 is 2.42 bits per heavy atom. The van der Waals surface area contributed by atoms with Crippen LogP contribution in [0.25, 0.3) is 33.2 Å². The van der Waals surface area contributed by atoms with E-state index in [4.69, 9.17) is 8.22 Å². The van der Waals surface area contributed by atoms with Gasteiger partial charge in [-0.1, -0.05) is 66.2 Å². The van der Waals surface area contributed by atoms with Gasteiger partial charge in [0, 0.05) is 20.0 Å². The molecule has 0 spiro atoms. The average molecular weight is 315 g/mol. The Bertz CT molecular complexity index is 1210. The molecule has 0 radical (unpaired) electrons. The van der Waals surface area contributed by atoms with Crippen LogP contribution in [0.15, 0.2) is 79.0 Å². The fourth-order valence-electron chi connectivity index (χ4n) is 2.87. The molecule has 0 unspecified atom stereocenters. The van der Waals surface area contributed by atoms with E-state index in [0.29, 0.717) is 11.3 Å². The van der Waals surface area contributed by atoms with E-state index in [-0.39, 0.29) is 11.1 Å². The van der Waals surface area contributed by atoms with E-state index in [2.05, 4.69) is 4.98 Å². The van der Waals surface area contributed by atoms with Gasteiger partial charge in [0.25, 0.3) is 0 Å². The minimum atomic E-state index is -2.31. The zero-order valence-electron chi connectivity index (χ0n) is 19.0. The molecule has 0 aliphatic rings. The van der Waals surface area contributed by atoms with Crippen LogP contribution in [-0.2, 0) is 0 Å². The molecule has 0 atom stereocenters. The monoisotopic (exact) mass is 315 g/mol. The molecule has 1 aromatic heterocycles. The summed E-state index contributed by atoms with van der Waals surface area (Å²) in [5.41, 5.74) is 3.39. The van der Waals surface area contributed by atoms with E-state index in [1.54, 1.807) is 24.3 Å². The highest BCUT2D eigenvalue weighted by atomic mass is 14.7. The fourth-order valence-corrected chi connectivity index (χ4v) is 2.87. The minimum absolute atomic E-state index is 0.181. The molecule has 0 N–H and O–H groups in total. The molecule has 0 saturated carbocycles. The van der Waals surface area contributed by atoms with Gasteiger partial charge in [0.15, 0.2) is 0 Å². The normalized spacial score (nSPS) is 15.7. The topological polar surface area (TPSA) is 12.9 Å². The van der Waals surface area contributed by atoms with Gasteiger partial charge in [-0.2, -0.15) is 0 Å². The van der Waals surface area contributed by atoms with Crippen molar-refractivity contribution in [3.8, 4) is 22.4 Å². The van der Waals surface area contributed by atoms with Crippen molar-refractivity contribution in [2.75, 3.05) is 0 Å². The van der Waals surface area contributed by atoms with E-state index < -0.39 is 13.7 Å². The molecule has 116 valence electrons. The summed E-state index contributed by atoms with van der Waals surface area (Å²) in [6, 6.07) is 21.9. The molecule has 3 aromatic carbocycles. The smallest absolute Gasteiger partial charge is 0.0708 e. The molecule has 0 aliphatic carbocycles. The molecule has 0 fully saturated rings. The predicted molar refractivity (Wildman–Crippen MR) is 102 cm³/mol. The first-order chi connectivity index (χ1) is 14.1. The Balaban J connectivity index is 1.88. The number of aryl methyl sites for hydroxylation is 2. The summed E-state index contributed by atoms with van der Waals surface area (Å²) in [6.07, 6.45) is 1.42. The molecule has 4 rings (SSSR count). The summed E-state index contributed by atoms with van der Waals surface area (Å²) in [4.78, 5) is 4.38. The van der Waals surface area contributed by atoms with Crippen LogP contribution in [0.1, 0.15) is 19.4 Å². The number of rotatable bonds is 2. The van der Waals surface area contributed by atoms with Crippen molar-refractivity contribution in [1.82, 2.24) is 4.98 Å². The zero-order chi connectivity index (χ0) is 21.5. The largest absolute Gasteiger partial charge is 0.256 e. The van der Waals surface area contributed by atoms with Crippen LogP contribution in [0.4, 0.5) is 0 Å². The number of nitrogens with zero attached hydrogens (tertiary/aromatic N) is 1. The number of hydrogen-bond donors (Lipinski definition) is 0. The summed E-state index contributed by atoms with van der Waals surface area (Å²) >= 11 is 0. The third-order valence-corrected chi connectivity index (χ3v) is 4.12. The van der Waals surface area contributed by atoms with Crippen LogP contribution < -0.4 is 0 Å². The lowest BCUT2D eigenvalue weighted by Crippen LogP contribution is -1.90. The highest BCUT2D eigenvalue weighted by Crippen LogP contribution is 2.30. The standard InChI is InChI=1S/C23H19N/c1-16-8-9-20-13-21(11-10-19(20)12-16)22-14-23(24-15-17(22)2)18-6-4-3-5-7-18/h3-15H,1-2H3/i1D3,2D3. The third kappa shape index (κ3) is 2.69. The first-order valence-electron chi connectivity index (χ1n) is 10.7. The van der Waals surface area contributed by atoms with Gasteiger partial charge in [0.2, 0.25) is 0 Å². The molecule has 0 bridgehead atoms. The lowest BCUT2D eigenvalue weighted by Gasteiger charge is -2.10. The molecule has 4 aromatic rings. The molecule has 0 aliphatic heterocycles. The summed E-state index contributed by atoms with van der Waals surface area (Å²) in [5.74, 6) is 0. The first kappa shape index (κ1) is 9.39. The van der Waals surface area contributed by atoms with Crippen LogP contribution in [0.2, 0.25) is 0 Å². The number of benzene rings is 3. The van der Waals surface area contributed by atoms with Crippen LogP contribution in [-0.4, -0.2) is 4.98 Å². The Morgan fingerprint density at radius 2 is 1.58 bits per heavy atom. The van der Waals surface area contributed by atoms with Crippen molar-refractivity contribution in [1.29, 1.82) is 0 Å². The van der Waals surface area contributed by atoms with E-state index in [1.807, 2.05) is 48.5 Å². The van der Waals surface area contributed by atoms with Gasteiger partial charge < -0.3 is 0 Å². The van der Waals surface area contributed by atoms with Crippen molar-refractivity contribution in [3.05, 3.63) is 90.1 Å². The Kier molecular flexibility index (Phi) is 2.32. The van der Waals surface area contributed by atoms with Crippen molar-refractivity contribution in [2.45, 2.75) is 13.7 Å². The van der Waals surface area contributed by atoms with Gasteiger partial charge in [0.1, 0.15) is 0 Å². The SMILES string of the molecule is [2H]C([2H])([2H])c1ccc2cc(-c3cc(-c4ccccc4)ncc3C([2H])([2H])[2H])ccc2c1. The molecule has 0 saturated heterocycles. The lowest BCUT2D eigenvalue weighted by molar-refractivity contribution is 1.27. The maximum absolute atomic E-state index is 7.93. The summed E-state index contributed by atoms with van der Waals surface area (Å²) in [7, 11) is 0. The van der Waals surface area contributed by atoms with Gasteiger partial charge in [-0.15, -0.1) is 0 Å². The quantitative estimate of drug-likeness (QED) is 0.430. The number of pyridine rings is 1. The van der Waals surface area contributed by atoms with Crippen molar-refractivity contribution < 1.29 is 8.22 Å². The second-order valence-corrected chi connectivity index (χ2v) is 5.76. The highest BCUT2D eigenvalue weighted by molar-refractivity contribution is 5.88. The maximum atomic E-state index is 7.93. The zero-order valence-corrected chi connectivity index (χ0v) is 13.0. The van der Waals surface area contributed by atoms with E-state index in [0.717, 1.165) is 21.9 Å². The second kappa shape index (κ2) is 5.93. The maximum Gasteiger partial charge on any atom is 0.0708 e. The molecule has 1 heteroatoms. The van der Waals surface area contributed by atoms with Crippen molar-refractivity contribution in [2.24, 2.45) is 0 Å². The number of hydrogen-bond acceptors (Lipinski definition) is 1. The second-order valence-electron chi connectivity index (χ2n) is 5.76. The van der Waals surface area contributed by atoms with Gasteiger partial charge in [-0.05, 0) is 53.3 Å². The van der Waals surface area contributed by atoms with Crippen molar-refractivity contribution >= 4 is 10.8 Å². The summed E-state index contributed by atoms with van der Waals surface area (Å²) < 4.78 is 46.6. The van der Waals surface area contributed by atoms with Gasteiger partial charge in [-0.25, -0.2) is 0 Å². The first-order valence-corrected chi connectivity index (χ1v) is 7.73. The van der Waals surface area contributed by atoms with Crippen LogP contribution in [0.3, 0.4) is 0 Å². The Labute approximate surface area is 151 Å². The van der Waals surface area contributed by atoms with E-state index in [9.17, 15) is 0 Å². The van der Waals surface area contributed by atoms with Gasteiger partial charge in [-0.3, -0.25) is 4.98 Å². The van der Waals surface area contributed by atoms with Crippen LogP contribution in [0.5, 0.6) is 0 Å². The van der Waals surface area contributed by atoms with E-state index in [1.165, 1.54) is 6.20 Å². The fraction of sp³-hybridized carbons (Fsp3) is 0.0870. The summed E-state index contributed by atoms with van der Waals surface area (Å²) in [5, 5.41) is 1.63. The molecule has 1 heterocycles. The van der Waals surface area contributed by atoms with Crippen LogP contribution >= 0.6 is 0 Å². The molecule has 1 nitrogen and oxygen atoms in total. The highest BCUT2D eigenvalue weighted by Gasteiger charge is 2.07. The molecule has 0 amide bonds. The molecule has 24 heavy (non-hydrogen) atoms. The summed E-state index contributed by atoms with van der Waals surface area (Å²) in [6.45, 7) is -4.48. The van der Waals surface area contributed by atoms with Gasteiger partial charge >= 0.3 is 0 Å². The third-order valence-electron chi connectivity index (χ3n) is 4.12. The Hall–Kier alpha value is -2.93. The minimum Gasteiger partial charge on any atom is -0.256 e. The number of fused-ring (bicyclic) bond motifs is 1. The van der Waals surface area contributed by atoms with Crippen LogP contribution in [0, 0.1) is 13.7 Å². The van der Waals surface area contributed by atoms with Crippen molar-refractivity contribution in [3.63, 3.8) is 0 Å². The lowest BCUT2D eigenvalue weighted by atomic mass is 9.96. The molecular weight excluding hydrogens is 290 g/mol. The number of aromatic nitrogens is 1. The average Bonchev–Trinajstić information content (AvgIpc) is 2.72. The predicted octanol–water partition coefficient (Wildman–Crippen LogP) is 6.19. The van der Waals surface area contributed by atoms with E-state index >= 15 is 0 Å².